The molecule has 3 heteroatoms. The summed E-state index contributed by atoms with van der Waals surface area (Å²) in [6.07, 6.45) is 6.80. The van der Waals surface area contributed by atoms with E-state index in [1.165, 1.54) is 23.8 Å². The number of hydrogen-bond acceptors (Lipinski definition) is 3. The molecule has 0 amide bonds. The predicted molar refractivity (Wildman–Crippen MR) is 78.9 cm³/mol. The number of hydrogen-bond donors (Lipinski definition) is 1. The highest BCUT2D eigenvalue weighted by Crippen LogP contribution is 2.46. The Balaban J connectivity index is 1.71. The van der Waals surface area contributed by atoms with Gasteiger partial charge in [0.05, 0.1) is 5.52 Å². The predicted octanol–water partition coefficient (Wildman–Crippen LogP) is 3.22. The van der Waals surface area contributed by atoms with Gasteiger partial charge >= 0.3 is 0 Å². The number of aromatic nitrogens is 1. The number of nitrogens with zero attached hydrogens (tertiary/aromatic N) is 1. The number of nitrogens with one attached hydrogen (secondary N) is 1. The van der Waals surface area contributed by atoms with E-state index < -0.39 is 0 Å². The van der Waals surface area contributed by atoms with Crippen molar-refractivity contribution in [3.8, 4) is 0 Å². The molecule has 0 aliphatic heterocycles. The van der Waals surface area contributed by atoms with E-state index in [9.17, 15) is 0 Å². The van der Waals surface area contributed by atoms with Crippen LogP contribution in [-0.4, -0.2) is 22.5 Å². The zero-order valence-electron chi connectivity index (χ0n) is 10.6. The topological polar surface area (TPSA) is 24.9 Å². The third-order valence-electron chi connectivity index (χ3n) is 3.72. The Bertz CT molecular complexity index is 544. The van der Waals surface area contributed by atoms with Gasteiger partial charge in [-0.05, 0) is 30.7 Å². The molecular formula is C15H18N2S. The first kappa shape index (κ1) is 12.0. The van der Waals surface area contributed by atoms with Crippen LogP contribution in [-0.2, 0) is 6.54 Å². The van der Waals surface area contributed by atoms with Crippen LogP contribution in [0.1, 0.15) is 18.4 Å². The number of benzene rings is 1. The molecule has 1 aliphatic rings. The Morgan fingerprint density at radius 1 is 1.28 bits per heavy atom. The van der Waals surface area contributed by atoms with Gasteiger partial charge in [-0.1, -0.05) is 24.3 Å². The van der Waals surface area contributed by atoms with Gasteiger partial charge in [0.25, 0.3) is 0 Å². The molecule has 1 fully saturated rings. The Kier molecular flexibility index (Phi) is 3.27. The van der Waals surface area contributed by atoms with Crippen molar-refractivity contribution in [2.75, 3.05) is 12.8 Å². The van der Waals surface area contributed by atoms with Crippen LogP contribution >= 0.6 is 11.8 Å². The molecule has 1 saturated carbocycles. The van der Waals surface area contributed by atoms with Gasteiger partial charge in [0.15, 0.2) is 0 Å². The average molecular weight is 258 g/mol. The molecule has 1 aromatic heterocycles. The van der Waals surface area contributed by atoms with Crippen LogP contribution in [0.15, 0.2) is 36.5 Å². The lowest BCUT2D eigenvalue weighted by atomic mass is 10.1. The minimum Gasteiger partial charge on any atom is -0.311 e. The Morgan fingerprint density at radius 2 is 2.11 bits per heavy atom. The zero-order valence-corrected chi connectivity index (χ0v) is 11.5. The highest BCUT2D eigenvalue weighted by atomic mass is 32.2. The third kappa shape index (κ3) is 2.38. The number of pyridine rings is 1. The summed E-state index contributed by atoms with van der Waals surface area (Å²) in [5.74, 6) is 0. The van der Waals surface area contributed by atoms with Crippen LogP contribution in [0.3, 0.4) is 0 Å². The summed E-state index contributed by atoms with van der Waals surface area (Å²) in [6.45, 7) is 2.02. The van der Waals surface area contributed by atoms with Crippen molar-refractivity contribution in [1.82, 2.24) is 10.3 Å². The minimum atomic E-state index is 0.526. The fraction of sp³-hybridized carbons (Fsp3) is 0.400. The second-order valence-electron chi connectivity index (χ2n) is 4.98. The average Bonchev–Trinajstić information content (AvgIpc) is 3.20. The molecule has 3 rings (SSSR count). The number of para-hydroxylation sites is 1. The Hall–Kier alpha value is -1.06. The molecule has 0 unspecified atom stereocenters. The van der Waals surface area contributed by atoms with E-state index in [1.807, 2.05) is 24.0 Å². The monoisotopic (exact) mass is 258 g/mol. The van der Waals surface area contributed by atoms with Crippen molar-refractivity contribution in [2.24, 2.45) is 0 Å². The van der Waals surface area contributed by atoms with E-state index in [-0.39, 0.29) is 0 Å². The summed E-state index contributed by atoms with van der Waals surface area (Å²) >= 11 is 2.00. The van der Waals surface area contributed by atoms with Gasteiger partial charge in [0.1, 0.15) is 0 Å². The molecule has 94 valence electrons. The lowest BCUT2D eigenvalue weighted by Crippen LogP contribution is -2.25. The smallest absolute Gasteiger partial charge is 0.0746 e. The molecule has 1 aliphatic carbocycles. The van der Waals surface area contributed by atoms with Crippen molar-refractivity contribution in [2.45, 2.75) is 24.1 Å². The first-order valence-corrected chi connectivity index (χ1v) is 7.64. The second-order valence-corrected chi connectivity index (χ2v) is 6.26. The molecule has 0 bridgehead atoms. The first-order valence-electron chi connectivity index (χ1n) is 6.41. The van der Waals surface area contributed by atoms with Crippen LogP contribution in [0.2, 0.25) is 0 Å². The molecule has 0 saturated heterocycles. The molecule has 0 spiro atoms. The van der Waals surface area contributed by atoms with E-state index in [1.54, 1.807) is 0 Å². The maximum Gasteiger partial charge on any atom is 0.0746 e. The molecule has 18 heavy (non-hydrogen) atoms. The maximum atomic E-state index is 4.49. The summed E-state index contributed by atoms with van der Waals surface area (Å²) in [7, 11) is 0. The van der Waals surface area contributed by atoms with Gasteiger partial charge in [-0.2, -0.15) is 11.8 Å². The summed E-state index contributed by atoms with van der Waals surface area (Å²) in [5.41, 5.74) is 2.42. The van der Waals surface area contributed by atoms with Gasteiger partial charge in [-0.25, -0.2) is 0 Å². The fourth-order valence-electron chi connectivity index (χ4n) is 2.33. The van der Waals surface area contributed by atoms with Crippen LogP contribution in [0, 0.1) is 0 Å². The van der Waals surface area contributed by atoms with Crippen molar-refractivity contribution in [3.05, 3.63) is 42.1 Å². The van der Waals surface area contributed by atoms with Crippen LogP contribution in [0.5, 0.6) is 0 Å². The molecule has 2 nitrogen and oxygen atoms in total. The fourth-order valence-corrected chi connectivity index (χ4v) is 3.08. The van der Waals surface area contributed by atoms with E-state index >= 15 is 0 Å². The Morgan fingerprint density at radius 3 is 2.89 bits per heavy atom. The SMILES string of the molecule is CSC1(CNCc2cccc3cccnc23)CC1. The van der Waals surface area contributed by atoms with Gasteiger partial charge in [0.2, 0.25) is 0 Å². The number of thioether (sulfide) groups is 1. The third-order valence-corrected chi connectivity index (χ3v) is 5.14. The summed E-state index contributed by atoms with van der Waals surface area (Å²) in [5, 5.41) is 4.81. The standard InChI is InChI=1S/C15H18N2S/c1-18-15(7-8-15)11-16-10-13-5-2-4-12-6-3-9-17-14(12)13/h2-6,9,16H,7-8,10-11H2,1H3. The van der Waals surface area contributed by atoms with Gasteiger partial charge in [-0.3, -0.25) is 4.98 Å². The second kappa shape index (κ2) is 4.90. The summed E-state index contributed by atoms with van der Waals surface area (Å²) in [6, 6.07) is 10.5. The normalized spacial score (nSPS) is 16.9. The van der Waals surface area contributed by atoms with Crippen molar-refractivity contribution >= 4 is 22.7 Å². The number of rotatable bonds is 5. The molecule has 2 aromatic rings. The largest absolute Gasteiger partial charge is 0.311 e. The van der Waals surface area contributed by atoms with Crippen molar-refractivity contribution in [3.63, 3.8) is 0 Å². The van der Waals surface area contributed by atoms with Crippen LogP contribution in [0.25, 0.3) is 10.9 Å². The van der Waals surface area contributed by atoms with E-state index in [0.29, 0.717) is 4.75 Å². The molecule has 1 N–H and O–H groups in total. The van der Waals surface area contributed by atoms with Crippen LogP contribution < -0.4 is 5.32 Å². The highest BCUT2D eigenvalue weighted by molar-refractivity contribution is 8.00. The summed E-state index contributed by atoms with van der Waals surface area (Å²) < 4.78 is 0.526. The van der Waals surface area contributed by atoms with Crippen molar-refractivity contribution < 1.29 is 0 Å². The molecule has 1 aromatic carbocycles. The van der Waals surface area contributed by atoms with E-state index in [0.717, 1.165) is 18.6 Å². The van der Waals surface area contributed by atoms with Gasteiger partial charge in [0, 0.05) is 29.4 Å². The molecule has 1 heterocycles. The van der Waals surface area contributed by atoms with Crippen LogP contribution in [0.4, 0.5) is 0 Å². The maximum absolute atomic E-state index is 4.49. The first-order chi connectivity index (χ1) is 8.83. The van der Waals surface area contributed by atoms with Crippen molar-refractivity contribution in [1.29, 1.82) is 0 Å². The lowest BCUT2D eigenvalue weighted by Gasteiger charge is -2.13. The highest BCUT2D eigenvalue weighted by Gasteiger charge is 2.41. The lowest BCUT2D eigenvalue weighted by molar-refractivity contribution is 0.665. The minimum absolute atomic E-state index is 0.526. The summed E-state index contributed by atoms with van der Waals surface area (Å²) in [4.78, 5) is 4.49. The quantitative estimate of drug-likeness (QED) is 0.891. The van der Waals surface area contributed by atoms with Gasteiger partial charge in [-0.15, -0.1) is 0 Å². The molecule has 0 atom stereocenters. The molecular weight excluding hydrogens is 240 g/mol. The number of fused-ring (bicyclic) bond motifs is 1. The van der Waals surface area contributed by atoms with Gasteiger partial charge < -0.3 is 5.32 Å². The zero-order chi connectivity index (χ0) is 12.4. The van der Waals surface area contributed by atoms with E-state index in [4.69, 9.17) is 0 Å². The molecule has 0 radical (unpaired) electrons. The van der Waals surface area contributed by atoms with E-state index in [2.05, 4.69) is 40.8 Å². The Labute approximate surface area is 112 Å².